The van der Waals surface area contributed by atoms with Crippen LogP contribution in [0.25, 0.3) is 10.9 Å². The van der Waals surface area contributed by atoms with Crippen molar-refractivity contribution in [2.45, 2.75) is 71.1 Å². The number of hydrazine groups is 1. The largest absolute Gasteiger partial charge is 0.370 e. The first kappa shape index (κ1) is 32.3. The number of nitrogens with one attached hydrogen (secondary N) is 3. The van der Waals surface area contributed by atoms with E-state index < -0.39 is 0 Å². The van der Waals surface area contributed by atoms with Gasteiger partial charge in [-0.05, 0) is 44.2 Å². The molecule has 1 aromatic carbocycles. The third-order valence-electron chi connectivity index (χ3n) is 5.91. The van der Waals surface area contributed by atoms with Crippen LogP contribution in [0.5, 0.6) is 0 Å². The molecule has 2 aromatic rings. The highest BCUT2D eigenvalue weighted by molar-refractivity contribution is 7.98. The van der Waals surface area contributed by atoms with Gasteiger partial charge in [-0.25, -0.2) is 9.80 Å². The second kappa shape index (κ2) is 17.7. The molecule has 208 valence electrons. The molecule has 0 bridgehead atoms. The van der Waals surface area contributed by atoms with E-state index in [1.54, 1.807) is 11.8 Å². The number of urea groups is 1. The van der Waals surface area contributed by atoms with Crippen LogP contribution in [-0.4, -0.2) is 65.6 Å². The number of unbranched alkanes of at least 4 members (excludes halogenated alkanes) is 2. The molecule has 1 aliphatic heterocycles. The molecule has 7 N–H and O–H groups in total. The maximum absolute atomic E-state index is 11.0. The summed E-state index contributed by atoms with van der Waals surface area (Å²) in [6.45, 7) is 5.50. The number of nitrogens with zero attached hydrogens (tertiary/aromatic N) is 2. The lowest BCUT2D eigenvalue weighted by Gasteiger charge is -2.17. The Kier molecular flexibility index (Phi) is 15.4. The number of benzene rings is 1. The van der Waals surface area contributed by atoms with E-state index in [0.29, 0.717) is 25.4 Å². The second-order valence-electron chi connectivity index (χ2n) is 9.03. The number of amides is 4. The van der Waals surface area contributed by atoms with Crippen molar-refractivity contribution in [2.24, 2.45) is 11.5 Å². The van der Waals surface area contributed by atoms with Crippen molar-refractivity contribution in [1.82, 2.24) is 25.6 Å². The van der Waals surface area contributed by atoms with Crippen LogP contribution < -0.4 is 27.5 Å². The number of carbonyl (C=O) groups excluding carboxylic acids is 3. The monoisotopic (exact) mass is 535 g/mol. The first-order valence-corrected chi connectivity index (χ1v) is 14.1. The molecular weight excluding hydrogens is 490 g/mol. The van der Waals surface area contributed by atoms with Crippen LogP contribution >= 0.6 is 11.8 Å². The molecule has 1 fully saturated rings. The number of thioether (sulfide) groups is 1. The Morgan fingerprint density at radius 2 is 1.81 bits per heavy atom. The quantitative estimate of drug-likeness (QED) is 0.208. The number of aromatic nitrogens is 1. The Labute approximate surface area is 225 Å². The van der Waals surface area contributed by atoms with E-state index >= 15 is 0 Å². The molecule has 0 radical (unpaired) electrons. The van der Waals surface area contributed by atoms with Crippen molar-refractivity contribution in [3.05, 3.63) is 36.0 Å². The Morgan fingerprint density at radius 3 is 2.35 bits per heavy atom. The maximum Gasteiger partial charge on any atom is 0.315 e. The van der Waals surface area contributed by atoms with Crippen LogP contribution in [-0.2, 0) is 22.7 Å². The Bertz CT molecular complexity index is 982. The summed E-state index contributed by atoms with van der Waals surface area (Å²) in [5.41, 5.74) is 15.5. The minimum absolute atomic E-state index is 0.0356. The first-order chi connectivity index (χ1) is 17.6. The molecule has 11 heteroatoms. The minimum Gasteiger partial charge on any atom is -0.370 e. The molecule has 2 atom stereocenters. The SMILES string of the molecule is CCCCCC(N)=O.CNN(C)Cc1cc2ccccc2n1CCC(N)=O.CSC[C@@H]1NC(=O)N[C@@H]1C. The van der Waals surface area contributed by atoms with Gasteiger partial charge in [-0.1, -0.05) is 38.0 Å². The minimum atomic E-state index is -0.272. The predicted octanol–water partition coefficient (Wildman–Crippen LogP) is 2.55. The summed E-state index contributed by atoms with van der Waals surface area (Å²) in [6.07, 6.45) is 6.15. The number of rotatable bonds is 12. The Hall–Kier alpha value is -2.76. The number of hydrogen-bond acceptors (Lipinski definition) is 6. The van der Waals surface area contributed by atoms with E-state index in [2.05, 4.69) is 45.7 Å². The smallest absolute Gasteiger partial charge is 0.315 e. The van der Waals surface area contributed by atoms with Gasteiger partial charge < -0.3 is 26.7 Å². The van der Waals surface area contributed by atoms with Crippen LogP contribution in [0.2, 0.25) is 0 Å². The zero-order chi connectivity index (χ0) is 27.8. The number of primary amides is 2. The molecule has 3 rings (SSSR count). The average molecular weight is 536 g/mol. The number of carbonyl (C=O) groups is 3. The summed E-state index contributed by atoms with van der Waals surface area (Å²) in [7, 11) is 3.87. The fourth-order valence-electron chi connectivity index (χ4n) is 3.76. The number of nitrogens with two attached hydrogens (primary N) is 2. The molecule has 2 heterocycles. The number of aryl methyl sites for hydroxylation is 1. The second-order valence-corrected chi connectivity index (χ2v) is 9.94. The third-order valence-corrected chi connectivity index (χ3v) is 6.60. The molecule has 0 spiro atoms. The highest BCUT2D eigenvalue weighted by Gasteiger charge is 2.26. The lowest BCUT2D eigenvalue weighted by atomic mass is 10.2. The molecule has 4 amide bonds. The van der Waals surface area contributed by atoms with Gasteiger partial charge in [-0.3, -0.25) is 15.0 Å². The van der Waals surface area contributed by atoms with Crippen molar-refractivity contribution < 1.29 is 14.4 Å². The number of fused-ring (bicyclic) bond motifs is 1. The molecule has 0 unspecified atom stereocenters. The normalized spacial score (nSPS) is 16.3. The standard InChI is InChI=1S/C14H20N4O.C6H12N2OS.C6H13NO/c1-16-17(2)10-12-9-11-5-3-4-6-13(11)18(12)8-7-14(15)19;1-4-5(3-10-2)8-6(9)7-4;1-2-3-4-5-6(7)8/h3-6,9,16H,7-8,10H2,1-2H3,(H2,15,19);4-5H,3H2,1-2H3,(H2,7,8,9);2-5H2,1H3,(H2,7,8)/t;4-,5+;/m.1./s1. The summed E-state index contributed by atoms with van der Waals surface area (Å²) in [5, 5.41) is 8.80. The molecular formula is C26H45N7O3S. The molecule has 1 aromatic heterocycles. The van der Waals surface area contributed by atoms with E-state index in [-0.39, 0.29) is 23.9 Å². The van der Waals surface area contributed by atoms with Crippen molar-refractivity contribution in [3.63, 3.8) is 0 Å². The highest BCUT2D eigenvalue weighted by Crippen LogP contribution is 2.21. The van der Waals surface area contributed by atoms with Gasteiger partial charge >= 0.3 is 6.03 Å². The topological polar surface area (TPSA) is 148 Å². The Morgan fingerprint density at radius 1 is 1.14 bits per heavy atom. The van der Waals surface area contributed by atoms with Crippen LogP contribution in [0.1, 0.15) is 51.6 Å². The van der Waals surface area contributed by atoms with Crippen LogP contribution in [0.4, 0.5) is 4.79 Å². The van der Waals surface area contributed by atoms with Crippen molar-refractivity contribution in [2.75, 3.05) is 26.1 Å². The van der Waals surface area contributed by atoms with Crippen molar-refractivity contribution >= 4 is 40.5 Å². The van der Waals surface area contributed by atoms with Gasteiger partial charge in [-0.15, -0.1) is 0 Å². The summed E-state index contributed by atoms with van der Waals surface area (Å²) < 4.78 is 2.16. The highest BCUT2D eigenvalue weighted by atomic mass is 32.2. The molecule has 1 saturated heterocycles. The maximum atomic E-state index is 11.0. The average Bonchev–Trinajstić information content (AvgIpc) is 3.36. The van der Waals surface area contributed by atoms with Crippen LogP contribution in [0.15, 0.2) is 30.3 Å². The summed E-state index contributed by atoms with van der Waals surface area (Å²) in [6, 6.07) is 10.9. The van der Waals surface area contributed by atoms with E-state index in [1.807, 2.05) is 44.4 Å². The number of para-hydroxylation sites is 1. The van der Waals surface area contributed by atoms with Crippen molar-refractivity contribution in [3.8, 4) is 0 Å². The molecule has 37 heavy (non-hydrogen) atoms. The van der Waals surface area contributed by atoms with Gasteiger partial charge in [-0.2, -0.15) is 11.8 Å². The van der Waals surface area contributed by atoms with E-state index in [4.69, 9.17) is 11.5 Å². The van der Waals surface area contributed by atoms with E-state index in [1.165, 1.54) is 11.1 Å². The fraction of sp³-hybridized carbons (Fsp3) is 0.577. The van der Waals surface area contributed by atoms with Gasteiger partial charge in [0.1, 0.15) is 0 Å². The van der Waals surface area contributed by atoms with Gasteiger partial charge in [0, 0.05) is 49.4 Å². The summed E-state index contributed by atoms with van der Waals surface area (Å²) in [4.78, 5) is 31.8. The van der Waals surface area contributed by atoms with E-state index in [0.717, 1.165) is 37.1 Å². The van der Waals surface area contributed by atoms with Crippen molar-refractivity contribution in [1.29, 1.82) is 0 Å². The lowest BCUT2D eigenvalue weighted by Crippen LogP contribution is -2.32. The fourth-order valence-corrected chi connectivity index (χ4v) is 4.49. The zero-order valence-electron chi connectivity index (χ0n) is 22.9. The third kappa shape index (κ3) is 12.4. The van der Waals surface area contributed by atoms with Gasteiger partial charge in [0.25, 0.3) is 0 Å². The van der Waals surface area contributed by atoms with Crippen LogP contribution in [0.3, 0.4) is 0 Å². The number of hydrogen-bond donors (Lipinski definition) is 5. The predicted molar refractivity (Wildman–Crippen MR) is 153 cm³/mol. The Balaban J connectivity index is 0.000000319. The molecule has 0 saturated carbocycles. The molecule has 0 aliphatic carbocycles. The van der Waals surface area contributed by atoms with E-state index in [9.17, 15) is 14.4 Å². The van der Waals surface area contributed by atoms with Crippen LogP contribution in [0, 0.1) is 0 Å². The van der Waals surface area contributed by atoms with Gasteiger partial charge in [0.15, 0.2) is 0 Å². The zero-order valence-corrected chi connectivity index (χ0v) is 23.7. The van der Waals surface area contributed by atoms with Gasteiger partial charge in [0.2, 0.25) is 11.8 Å². The van der Waals surface area contributed by atoms with Gasteiger partial charge in [0.05, 0.1) is 12.6 Å². The lowest BCUT2D eigenvalue weighted by molar-refractivity contribution is -0.119. The summed E-state index contributed by atoms with van der Waals surface area (Å²) >= 11 is 1.75. The molecule has 1 aliphatic rings. The first-order valence-electron chi connectivity index (χ1n) is 12.7. The molecule has 10 nitrogen and oxygen atoms in total. The summed E-state index contributed by atoms with van der Waals surface area (Å²) in [5.74, 6) is 0.532.